The summed E-state index contributed by atoms with van der Waals surface area (Å²) in [6.45, 7) is 0. The van der Waals surface area contributed by atoms with Crippen LogP contribution in [0.1, 0.15) is 38.5 Å². The van der Waals surface area contributed by atoms with E-state index in [9.17, 15) is 9.90 Å². The highest BCUT2D eigenvalue weighted by Crippen LogP contribution is 2.33. The molecule has 5 heteroatoms. The highest BCUT2D eigenvalue weighted by molar-refractivity contribution is 5.76. The van der Waals surface area contributed by atoms with Gasteiger partial charge in [0.05, 0.1) is 0 Å². The van der Waals surface area contributed by atoms with Crippen LogP contribution in [0.25, 0.3) is 0 Å². The van der Waals surface area contributed by atoms with E-state index in [-0.39, 0.29) is 0 Å². The maximum atomic E-state index is 11.4. The number of hydrogen-bond acceptors (Lipinski definition) is 3. The van der Waals surface area contributed by atoms with Gasteiger partial charge in [-0.3, -0.25) is 0 Å². The van der Waals surface area contributed by atoms with E-state index in [1.54, 1.807) is 0 Å². The summed E-state index contributed by atoms with van der Waals surface area (Å²) in [4.78, 5) is 15.3. The van der Waals surface area contributed by atoms with Crippen LogP contribution in [0, 0.1) is 0 Å². The van der Waals surface area contributed by atoms with E-state index in [2.05, 4.69) is 10.1 Å². The summed E-state index contributed by atoms with van der Waals surface area (Å²) in [5.41, 5.74) is -0.854. The molecule has 0 amide bonds. The molecular formula is C10H15N3O2. The van der Waals surface area contributed by atoms with E-state index in [0.29, 0.717) is 12.8 Å². The molecule has 82 valence electrons. The predicted octanol–water partition coefficient (Wildman–Crippen LogP) is 1.41. The molecule has 15 heavy (non-hydrogen) atoms. The minimum absolute atomic E-state index is 0.658. The molecule has 0 unspecified atom stereocenters. The number of aromatic nitrogens is 3. The summed E-state index contributed by atoms with van der Waals surface area (Å²) in [7, 11) is 0. The average Bonchev–Trinajstić information content (AvgIpc) is 2.63. The topological polar surface area (TPSA) is 68.0 Å². The molecular weight excluding hydrogens is 194 g/mol. The SMILES string of the molecule is O=C(O)C1(n2cncn2)CCCCCC1. The number of nitrogens with zero attached hydrogens (tertiary/aromatic N) is 3. The van der Waals surface area contributed by atoms with Gasteiger partial charge < -0.3 is 5.11 Å². The van der Waals surface area contributed by atoms with Gasteiger partial charge in [-0.1, -0.05) is 25.7 Å². The van der Waals surface area contributed by atoms with Crippen LogP contribution in [0.4, 0.5) is 0 Å². The molecule has 0 radical (unpaired) electrons. The van der Waals surface area contributed by atoms with Crippen molar-refractivity contribution in [3.05, 3.63) is 12.7 Å². The van der Waals surface area contributed by atoms with Crippen molar-refractivity contribution in [1.29, 1.82) is 0 Å². The average molecular weight is 209 g/mol. The molecule has 1 heterocycles. The smallest absolute Gasteiger partial charge is 0.331 e. The molecule has 0 aliphatic heterocycles. The van der Waals surface area contributed by atoms with E-state index in [1.165, 1.54) is 17.3 Å². The molecule has 1 fully saturated rings. The monoisotopic (exact) mass is 209 g/mol. The zero-order chi connectivity index (χ0) is 10.7. The molecule has 0 spiro atoms. The van der Waals surface area contributed by atoms with E-state index in [4.69, 9.17) is 0 Å². The number of carboxylic acids is 1. The van der Waals surface area contributed by atoms with Crippen LogP contribution in [0.2, 0.25) is 0 Å². The Morgan fingerprint density at radius 3 is 2.40 bits per heavy atom. The number of rotatable bonds is 2. The van der Waals surface area contributed by atoms with Crippen molar-refractivity contribution in [2.24, 2.45) is 0 Å². The zero-order valence-electron chi connectivity index (χ0n) is 8.59. The summed E-state index contributed by atoms with van der Waals surface area (Å²) in [5, 5.41) is 13.4. The lowest BCUT2D eigenvalue weighted by Gasteiger charge is -2.27. The predicted molar refractivity (Wildman–Crippen MR) is 53.3 cm³/mol. The Morgan fingerprint density at radius 2 is 1.93 bits per heavy atom. The molecule has 5 nitrogen and oxygen atoms in total. The summed E-state index contributed by atoms with van der Waals surface area (Å²) < 4.78 is 1.51. The third-order valence-electron chi connectivity index (χ3n) is 3.19. The lowest BCUT2D eigenvalue weighted by atomic mass is 9.90. The molecule has 1 saturated carbocycles. The van der Waals surface area contributed by atoms with Crippen molar-refractivity contribution >= 4 is 5.97 Å². The lowest BCUT2D eigenvalue weighted by molar-refractivity contribution is -0.149. The first-order valence-corrected chi connectivity index (χ1v) is 5.34. The zero-order valence-corrected chi connectivity index (χ0v) is 8.59. The Labute approximate surface area is 88.1 Å². The maximum Gasteiger partial charge on any atom is 0.331 e. The molecule has 0 atom stereocenters. The normalized spacial score (nSPS) is 20.8. The van der Waals surface area contributed by atoms with Gasteiger partial charge in [0.1, 0.15) is 12.7 Å². The first-order valence-electron chi connectivity index (χ1n) is 5.34. The number of carbonyl (C=O) groups is 1. The molecule has 1 N–H and O–H groups in total. The molecule has 1 aromatic heterocycles. The van der Waals surface area contributed by atoms with Crippen LogP contribution in [-0.2, 0) is 10.3 Å². The van der Waals surface area contributed by atoms with Crippen LogP contribution >= 0.6 is 0 Å². The van der Waals surface area contributed by atoms with Crippen LogP contribution in [0.15, 0.2) is 12.7 Å². The fourth-order valence-corrected chi connectivity index (χ4v) is 2.28. The van der Waals surface area contributed by atoms with Crippen molar-refractivity contribution in [3.63, 3.8) is 0 Å². The largest absolute Gasteiger partial charge is 0.479 e. The summed E-state index contributed by atoms with van der Waals surface area (Å²) in [5.74, 6) is -0.782. The van der Waals surface area contributed by atoms with E-state index < -0.39 is 11.5 Å². The standard InChI is InChI=1S/C10H15N3O2/c14-9(15)10(13-8-11-7-12-13)5-3-1-2-4-6-10/h7-8H,1-6H2,(H,14,15). The Balaban J connectivity index is 2.34. The van der Waals surface area contributed by atoms with Gasteiger partial charge in [0.15, 0.2) is 5.54 Å². The second-order valence-electron chi connectivity index (χ2n) is 4.09. The molecule has 1 aliphatic rings. The van der Waals surface area contributed by atoms with Gasteiger partial charge in [0.25, 0.3) is 0 Å². The van der Waals surface area contributed by atoms with Crippen LogP contribution in [0.5, 0.6) is 0 Å². The fourth-order valence-electron chi connectivity index (χ4n) is 2.28. The van der Waals surface area contributed by atoms with Crippen LogP contribution < -0.4 is 0 Å². The van der Waals surface area contributed by atoms with Gasteiger partial charge in [0, 0.05) is 0 Å². The highest BCUT2D eigenvalue weighted by atomic mass is 16.4. The molecule has 2 rings (SSSR count). The van der Waals surface area contributed by atoms with Crippen molar-refractivity contribution < 1.29 is 9.90 Å². The van der Waals surface area contributed by atoms with E-state index in [1.807, 2.05) is 0 Å². The summed E-state index contributed by atoms with van der Waals surface area (Å²) in [6, 6.07) is 0. The Kier molecular flexibility index (Phi) is 2.70. The van der Waals surface area contributed by atoms with Crippen LogP contribution in [0.3, 0.4) is 0 Å². The van der Waals surface area contributed by atoms with Crippen molar-refractivity contribution in [3.8, 4) is 0 Å². The third-order valence-corrected chi connectivity index (χ3v) is 3.19. The summed E-state index contributed by atoms with van der Waals surface area (Å²) >= 11 is 0. The molecule has 1 aromatic rings. The number of carboxylic acid groups (broad SMARTS) is 1. The Morgan fingerprint density at radius 1 is 1.27 bits per heavy atom. The number of hydrogen-bond donors (Lipinski definition) is 1. The molecule has 0 bridgehead atoms. The minimum atomic E-state index is -0.854. The van der Waals surface area contributed by atoms with Crippen molar-refractivity contribution in [2.75, 3.05) is 0 Å². The second kappa shape index (κ2) is 4.00. The molecule has 0 aromatic carbocycles. The van der Waals surface area contributed by atoms with Gasteiger partial charge in [-0.2, -0.15) is 5.10 Å². The Bertz CT molecular complexity index is 326. The van der Waals surface area contributed by atoms with Gasteiger partial charge in [-0.05, 0) is 12.8 Å². The van der Waals surface area contributed by atoms with E-state index >= 15 is 0 Å². The Hall–Kier alpha value is -1.39. The van der Waals surface area contributed by atoms with Crippen molar-refractivity contribution in [2.45, 2.75) is 44.1 Å². The first-order chi connectivity index (χ1) is 7.26. The highest BCUT2D eigenvalue weighted by Gasteiger charge is 2.41. The summed E-state index contributed by atoms with van der Waals surface area (Å²) in [6.07, 6.45) is 8.36. The van der Waals surface area contributed by atoms with Crippen LogP contribution in [-0.4, -0.2) is 25.8 Å². The third kappa shape index (κ3) is 1.73. The van der Waals surface area contributed by atoms with Gasteiger partial charge in [-0.15, -0.1) is 0 Å². The quantitative estimate of drug-likeness (QED) is 0.748. The lowest BCUT2D eigenvalue weighted by Crippen LogP contribution is -2.42. The second-order valence-corrected chi connectivity index (χ2v) is 4.09. The first kappa shape index (κ1) is 10.1. The van der Waals surface area contributed by atoms with Gasteiger partial charge in [0.2, 0.25) is 0 Å². The molecule has 1 aliphatic carbocycles. The number of aliphatic carboxylic acids is 1. The maximum absolute atomic E-state index is 11.4. The van der Waals surface area contributed by atoms with Crippen molar-refractivity contribution in [1.82, 2.24) is 14.8 Å². The van der Waals surface area contributed by atoms with Gasteiger partial charge >= 0.3 is 5.97 Å². The molecule has 0 saturated heterocycles. The van der Waals surface area contributed by atoms with E-state index in [0.717, 1.165) is 25.7 Å². The minimum Gasteiger partial charge on any atom is -0.479 e. The fraction of sp³-hybridized carbons (Fsp3) is 0.700. The van der Waals surface area contributed by atoms with Gasteiger partial charge in [-0.25, -0.2) is 14.5 Å².